The number of amides is 1. The van der Waals surface area contributed by atoms with E-state index in [4.69, 9.17) is 14.7 Å². The van der Waals surface area contributed by atoms with E-state index in [-0.39, 0.29) is 13.2 Å². The van der Waals surface area contributed by atoms with Crippen molar-refractivity contribution in [1.82, 2.24) is 0 Å². The Morgan fingerprint density at radius 2 is 1.88 bits per heavy atom. The van der Waals surface area contributed by atoms with Crippen molar-refractivity contribution in [2.45, 2.75) is 13.3 Å². The number of hydrogen-bond acceptors (Lipinski definition) is 5. The molecule has 2 aromatic rings. The predicted octanol–water partition coefficient (Wildman–Crippen LogP) is 2.68. The maximum absolute atomic E-state index is 11.8. The van der Waals surface area contributed by atoms with Crippen LogP contribution in [-0.4, -0.2) is 25.1 Å². The first-order chi connectivity index (χ1) is 12.1. The zero-order valence-corrected chi connectivity index (χ0v) is 13.8. The van der Waals surface area contributed by atoms with Gasteiger partial charge in [0.1, 0.15) is 5.75 Å². The highest BCUT2D eigenvalue weighted by molar-refractivity contribution is 5.92. The summed E-state index contributed by atoms with van der Waals surface area (Å²) in [6.45, 7) is 1.33. The van der Waals surface area contributed by atoms with Crippen LogP contribution in [-0.2, 0) is 20.7 Å². The molecular weight excluding hydrogens is 320 g/mol. The first-order valence-electron chi connectivity index (χ1n) is 7.78. The fourth-order valence-corrected chi connectivity index (χ4v) is 2.02. The first-order valence-corrected chi connectivity index (χ1v) is 7.78. The quantitative estimate of drug-likeness (QED) is 0.784. The number of aryl methyl sites for hydroxylation is 1. The van der Waals surface area contributed by atoms with Gasteiger partial charge in [-0.3, -0.25) is 4.79 Å². The van der Waals surface area contributed by atoms with Crippen LogP contribution in [0.5, 0.6) is 5.75 Å². The van der Waals surface area contributed by atoms with Crippen LogP contribution in [0.25, 0.3) is 0 Å². The highest BCUT2D eigenvalue weighted by Gasteiger charge is 2.09. The van der Waals surface area contributed by atoms with Gasteiger partial charge in [-0.15, -0.1) is 0 Å². The van der Waals surface area contributed by atoms with Gasteiger partial charge in [-0.05, 0) is 48.4 Å². The van der Waals surface area contributed by atoms with E-state index in [1.807, 2.05) is 31.2 Å². The Balaban J connectivity index is 1.73. The number of rotatable bonds is 7. The Morgan fingerprint density at radius 1 is 1.12 bits per heavy atom. The summed E-state index contributed by atoms with van der Waals surface area (Å²) in [5, 5.41) is 11.4. The summed E-state index contributed by atoms with van der Waals surface area (Å²) in [6, 6.07) is 15.8. The molecule has 0 radical (unpaired) electrons. The van der Waals surface area contributed by atoms with Crippen LogP contribution >= 0.6 is 0 Å². The number of nitrogens with one attached hydrogen (secondary N) is 1. The fourth-order valence-electron chi connectivity index (χ4n) is 2.02. The number of hydrogen-bond donors (Lipinski definition) is 1. The molecule has 0 spiro atoms. The minimum Gasteiger partial charge on any atom is -0.482 e. The summed E-state index contributed by atoms with van der Waals surface area (Å²) in [4.78, 5) is 23.4. The van der Waals surface area contributed by atoms with Gasteiger partial charge < -0.3 is 14.8 Å². The minimum atomic E-state index is -0.651. The molecule has 0 heterocycles. The fraction of sp³-hybridized carbons (Fsp3) is 0.211. The molecule has 0 aliphatic rings. The van der Waals surface area contributed by atoms with Crippen LogP contribution in [0, 0.1) is 11.3 Å². The second-order valence-electron chi connectivity index (χ2n) is 5.19. The van der Waals surface area contributed by atoms with Crippen molar-refractivity contribution in [3.63, 3.8) is 0 Å². The van der Waals surface area contributed by atoms with Gasteiger partial charge in [0.25, 0.3) is 5.91 Å². The van der Waals surface area contributed by atoms with E-state index in [2.05, 4.69) is 5.32 Å². The van der Waals surface area contributed by atoms with Gasteiger partial charge in [-0.25, -0.2) is 4.79 Å². The molecule has 0 saturated carbocycles. The highest BCUT2D eigenvalue weighted by atomic mass is 16.6. The molecule has 1 N–H and O–H groups in total. The summed E-state index contributed by atoms with van der Waals surface area (Å²) >= 11 is 0. The normalized spacial score (nSPS) is 9.76. The maximum atomic E-state index is 11.8. The molecule has 6 heteroatoms. The van der Waals surface area contributed by atoms with Crippen LogP contribution in [0.3, 0.4) is 0 Å². The van der Waals surface area contributed by atoms with Gasteiger partial charge in [0, 0.05) is 5.69 Å². The largest absolute Gasteiger partial charge is 0.482 e. The van der Waals surface area contributed by atoms with Crippen molar-refractivity contribution >= 4 is 17.6 Å². The van der Waals surface area contributed by atoms with E-state index in [1.54, 1.807) is 30.3 Å². The predicted molar refractivity (Wildman–Crippen MR) is 92.1 cm³/mol. The Labute approximate surface area is 146 Å². The molecule has 0 aromatic heterocycles. The monoisotopic (exact) mass is 338 g/mol. The van der Waals surface area contributed by atoms with Crippen molar-refractivity contribution < 1.29 is 19.1 Å². The third kappa shape index (κ3) is 5.99. The molecule has 0 unspecified atom stereocenters. The van der Waals surface area contributed by atoms with Crippen molar-refractivity contribution in [1.29, 1.82) is 5.26 Å². The molecular formula is C19H18N2O4. The Morgan fingerprint density at radius 3 is 2.56 bits per heavy atom. The smallest absolute Gasteiger partial charge is 0.344 e. The van der Waals surface area contributed by atoms with Crippen LogP contribution < -0.4 is 10.1 Å². The first kappa shape index (κ1) is 18.0. The Bertz CT molecular complexity index is 779. The molecule has 2 rings (SSSR count). The number of nitriles is 1. The zero-order valence-electron chi connectivity index (χ0n) is 13.8. The molecule has 0 bridgehead atoms. The van der Waals surface area contributed by atoms with E-state index >= 15 is 0 Å². The number of benzene rings is 2. The lowest BCUT2D eigenvalue weighted by Crippen LogP contribution is -2.23. The minimum absolute atomic E-state index is 0.315. The van der Waals surface area contributed by atoms with E-state index < -0.39 is 11.9 Å². The highest BCUT2D eigenvalue weighted by Crippen LogP contribution is 2.12. The van der Waals surface area contributed by atoms with Crippen molar-refractivity contribution in [3.8, 4) is 11.8 Å². The van der Waals surface area contributed by atoms with Crippen molar-refractivity contribution in [2.75, 3.05) is 18.5 Å². The van der Waals surface area contributed by atoms with Crippen LogP contribution in [0.2, 0.25) is 0 Å². The maximum Gasteiger partial charge on any atom is 0.344 e. The van der Waals surface area contributed by atoms with Crippen LogP contribution in [0.1, 0.15) is 18.1 Å². The molecule has 0 aliphatic carbocycles. The number of ether oxygens (including phenoxy) is 2. The lowest BCUT2D eigenvalue weighted by molar-refractivity contribution is -0.149. The third-order valence-electron chi connectivity index (χ3n) is 3.32. The van der Waals surface area contributed by atoms with Crippen LogP contribution in [0.4, 0.5) is 5.69 Å². The van der Waals surface area contributed by atoms with Gasteiger partial charge in [-0.2, -0.15) is 5.26 Å². The topological polar surface area (TPSA) is 88.4 Å². The SMILES string of the molecule is CCc1cccc(NC(=O)COC(=O)COc2ccc(C#N)cc2)c1. The van der Waals surface area contributed by atoms with E-state index in [1.165, 1.54) is 0 Å². The number of esters is 1. The summed E-state index contributed by atoms with van der Waals surface area (Å²) in [5.41, 5.74) is 2.26. The van der Waals surface area contributed by atoms with E-state index in [0.717, 1.165) is 12.0 Å². The average molecular weight is 338 g/mol. The third-order valence-corrected chi connectivity index (χ3v) is 3.32. The summed E-state index contributed by atoms with van der Waals surface area (Å²) in [5.74, 6) is -0.626. The molecule has 128 valence electrons. The Kier molecular flexibility index (Phi) is 6.55. The van der Waals surface area contributed by atoms with Crippen molar-refractivity contribution in [3.05, 3.63) is 59.7 Å². The number of carbonyl (C=O) groups is 2. The lowest BCUT2D eigenvalue weighted by atomic mass is 10.1. The van der Waals surface area contributed by atoms with E-state index in [9.17, 15) is 9.59 Å². The average Bonchev–Trinajstić information content (AvgIpc) is 2.65. The summed E-state index contributed by atoms with van der Waals surface area (Å²) in [6.07, 6.45) is 0.866. The van der Waals surface area contributed by atoms with E-state index in [0.29, 0.717) is 17.0 Å². The summed E-state index contributed by atoms with van der Waals surface area (Å²) < 4.78 is 10.1. The molecule has 6 nitrogen and oxygen atoms in total. The number of nitrogens with zero attached hydrogens (tertiary/aromatic N) is 1. The summed E-state index contributed by atoms with van der Waals surface area (Å²) in [7, 11) is 0. The molecule has 0 fully saturated rings. The van der Waals surface area contributed by atoms with Crippen LogP contribution in [0.15, 0.2) is 48.5 Å². The van der Waals surface area contributed by atoms with Gasteiger partial charge in [0.15, 0.2) is 13.2 Å². The number of carbonyl (C=O) groups excluding carboxylic acids is 2. The van der Waals surface area contributed by atoms with Gasteiger partial charge in [-0.1, -0.05) is 19.1 Å². The van der Waals surface area contributed by atoms with Crippen molar-refractivity contribution in [2.24, 2.45) is 0 Å². The van der Waals surface area contributed by atoms with Gasteiger partial charge in [0.05, 0.1) is 11.6 Å². The Hall–Kier alpha value is -3.33. The standard InChI is InChI=1S/C19H18N2O4/c1-2-14-4-3-5-16(10-14)21-18(22)12-25-19(23)13-24-17-8-6-15(11-20)7-9-17/h3-10H,2,12-13H2,1H3,(H,21,22). The van der Waals surface area contributed by atoms with Gasteiger partial charge in [0.2, 0.25) is 0 Å². The lowest BCUT2D eigenvalue weighted by Gasteiger charge is -2.08. The molecule has 2 aromatic carbocycles. The zero-order chi connectivity index (χ0) is 18.1. The second-order valence-corrected chi connectivity index (χ2v) is 5.19. The second kappa shape index (κ2) is 9.08. The molecule has 1 amide bonds. The molecule has 0 atom stereocenters. The molecule has 25 heavy (non-hydrogen) atoms. The molecule has 0 saturated heterocycles. The van der Waals surface area contributed by atoms with Gasteiger partial charge >= 0.3 is 5.97 Å². The molecule has 0 aliphatic heterocycles. The number of anilines is 1.